The van der Waals surface area contributed by atoms with Crippen molar-refractivity contribution >= 4 is 22.3 Å². The third-order valence-electron chi connectivity index (χ3n) is 5.88. The lowest BCUT2D eigenvalue weighted by molar-refractivity contribution is -0.593. The maximum atomic E-state index is 12.1. The van der Waals surface area contributed by atoms with Crippen LogP contribution in [0, 0.1) is 21.2 Å². The number of rotatable bonds is 7. The van der Waals surface area contributed by atoms with Crippen LogP contribution in [-0.2, 0) is 0 Å². The average Bonchev–Trinajstić information content (AvgIpc) is 2.80. The molecule has 2 aromatic carbocycles. The Balaban J connectivity index is 1.33. The monoisotopic (exact) mass is 423 g/mol. The highest BCUT2D eigenvalue weighted by Crippen LogP contribution is 2.33. The summed E-state index contributed by atoms with van der Waals surface area (Å²) < 4.78 is 12.2. The molecule has 1 aliphatic heterocycles. The van der Waals surface area contributed by atoms with Gasteiger partial charge in [-0.05, 0) is 37.3 Å². The van der Waals surface area contributed by atoms with Crippen LogP contribution in [0.2, 0.25) is 0 Å². The van der Waals surface area contributed by atoms with E-state index in [2.05, 4.69) is 0 Å². The zero-order valence-electron chi connectivity index (χ0n) is 17.4. The summed E-state index contributed by atoms with van der Waals surface area (Å²) in [4.78, 5) is 12.5. The topological polar surface area (TPSA) is 91.8 Å². The fourth-order valence-corrected chi connectivity index (χ4v) is 4.14. The van der Waals surface area contributed by atoms with E-state index in [1.807, 2.05) is 41.3 Å². The van der Waals surface area contributed by atoms with Crippen LogP contribution in [0.4, 0.5) is 11.5 Å². The van der Waals surface area contributed by atoms with E-state index in [1.54, 1.807) is 7.11 Å². The van der Waals surface area contributed by atoms with Crippen molar-refractivity contribution < 1.29 is 19.1 Å². The molecule has 0 spiro atoms. The predicted octanol–water partition coefficient (Wildman–Crippen LogP) is 4.08. The number of nitrogens with zero attached hydrogens (tertiary/aromatic N) is 3. The zero-order chi connectivity index (χ0) is 21.8. The molecule has 2 heterocycles. The first kappa shape index (κ1) is 20.7. The molecule has 1 saturated heterocycles. The van der Waals surface area contributed by atoms with Gasteiger partial charge in [-0.2, -0.15) is 0 Å². The standard InChI is InChI=1S/C23H25N3O5/c1-30-21-6-7-22(20-5-3-2-4-19(20)21)31-15-11-17-8-12-24(13-9-17)23-16-18(26(28)29)10-14-25(23)27/h2-7,10,14,16-17H,8-9,11-13,15H2,1H3. The maximum Gasteiger partial charge on any atom is 0.286 e. The summed E-state index contributed by atoms with van der Waals surface area (Å²) in [7, 11) is 1.66. The van der Waals surface area contributed by atoms with E-state index in [1.165, 1.54) is 18.3 Å². The van der Waals surface area contributed by atoms with Crippen LogP contribution >= 0.6 is 0 Å². The third-order valence-corrected chi connectivity index (χ3v) is 5.88. The first-order chi connectivity index (χ1) is 15.1. The fourth-order valence-electron chi connectivity index (χ4n) is 4.14. The molecule has 8 heteroatoms. The molecule has 0 amide bonds. The Morgan fingerprint density at radius 3 is 2.45 bits per heavy atom. The van der Waals surface area contributed by atoms with Crippen LogP contribution < -0.4 is 19.1 Å². The Morgan fingerprint density at radius 1 is 1.10 bits per heavy atom. The Kier molecular flexibility index (Phi) is 6.06. The predicted molar refractivity (Wildman–Crippen MR) is 118 cm³/mol. The molecule has 4 rings (SSSR count). The van der Waals surface area contributed by atoms with E-state index in [9.17, 15) is 15.3 Å². The normalized spacial score (nSPS) is 14.5. The summed E-state index contributed by atoms with van der Waals surface area (Å²) in [6, 6.07) is 14.5. The second kappa shape index (κ2) is 9.07. The van der Waals surface area contributed by atoms with Gasteiger partial charge in [0.25, 0.3) is 11.5 Å². The highest BCUT2D eigenvalue weighted by molar-refractivity contribution is 5.93. The molecule has 0 aliphatic carbocycles. The molecule has 0 N–H and O–H groups in total. The smallest absolute Gasteiger partial charge is 0.286 e. The Labute approximate surface area is 180 Å². The van der Waals surface area contributed by atoms with Gasteiger partial charge in [-0.1, -0.05) is 24.3 Å². The highest BCUT2D eigenvalue weighted by atomic mass is 16.6. The van der Waals surface area contributed by atoms with E-state index in [0.29, 0.717) is 36.2 Å². The molecule has 1 aromatic heterocycles. The number of benzene rings is 2. The van der Waals surface area contributed by atoms with Gasteiger partial charge < -0.3 is 14.7 Å². The number of nitro groups is 1. The number of aromatic nitrogens is 1. The Hall–Kier alpha value is -3.55. The number of hydrogen-bond donors (Lipinski definition) is 0. The summed E-state index contributed by atoms with van der Waals surface area (Å²) in [5.41, 5.74) is -0.0654. The van der Waals surface area contributed by atoms with Crippen molar-refractivity contribution in [3.05, 3.63) is 70.0 Å². The number of ether oxygens (including phenoxy) is 2. The maximum absolute atomic E-state index is 12.1. The van der Waals surface area contributed by atoms with Crippen LogP contribution in [-0.4, -0.2) is 31.7 Å². The minimum absolute atomic E-state index is 0.0654. The first-order valence-corrected chi connectivity index (χ1v) is 10.4. The lowest BCUT2D eigenvalue weighted by Gasteiger charge is -2.29. The van der Waals surface area contributed by atoms with Crippen molar-refractivity contribution in [3.8, 4) is 11.5 Å². The molecule has 3 aromatic rings. The van der Waals surface area contributed by atoms with Gasteiger partial charge in [-0.25, -0.2) is 4.73 Å². The second-order valence-corrected chi connectivity index (χ2v) is 7.71. The van der Waals surface area contributed by atoms with Gasteiger partial charge in [0, 0.05) is 10.8 Å². The van der Waals surface area contributed by atoms with Crippen LogP contribution in [0.1, 0.15) is 19.3 Å². The third kappa shape index (κ3) is 4.47. The van der Waals surface area contributed by atoms with Gasteiger partial charge in [0.05, 0.1) is 37.8 Å². The minimum atomic E-state index is -0.476. The molecule has 8 nitrogen and oxygen atoms in total. The van der Waals surface area contributed by atoms with Gasteiger partial charge >= 0.3 is 0 Å². The van der Waals surface area contributed by atoms with Crippen molar-refractivity contribution in [2.75, 3.05) is 31.7 Å². The number of methoxy groups -OCH3 is 1. The Morgan fingerprint density at radius 2 is 1.77 bits per heavy atom. The molecule has 0 saturated carbocycles. The fraction of sp³-hybridized carbons (Fsp3) is 0.348. The molecule has 0 atom stereocenters. The van der Waals surface area contributed by atoms with E-state index >= 15 is 0 Å². The van der Waals surface area contributed by atoms with Crippen molar-refractivity contribution in [3.63, 3.8) is 0 Å². The lowest BCUT2D eigenvalue weighted by Crippen LogP contribution is -2.42. The van der Waals surface area contributed by atoms with Crippen LogP contribution in [0.3, 0.4) is 0 Å². The number of pyridine rings is 1. The van der Waals surface area contributed by atoms with Gasteiger partial charge in [-0.3, -0.25) is 15.0 Å². The lowest BCUT2D eigenvalue weighted by atomic mass is 9.94. The summed E-state index contributed by atoms with van der Waals surface area (Å²) >= 11 is 0. The molecular weight excluding hydrogens is 398 g/mol. The van der Waals surface area contributed by atoms with E-state index in [0.717, 1.165) is 41.5 Å². The van der Waals surface area contributed by atoms with E-state index in [4.69, 9.17) is 9.47 Å². The molecule has 31 heavy (non-hydrogen) atoms. The minimum Gasteiger partial charge on any atom is -0.711 e. The first-order valence-electron chi connectivity index (χ1n) is 10.4. The quantitative estimate of drug-likeness (QED) is 0.246. The van der Waals surface area contributed by atoms with E-state index in [-0.39, 0.29) is 5.69 Å². The molecule has 162 valence electrons. The molecule has 1 aliphatic rings. The molecular formula is C23H25N3O5. The van der Waals surface area contributed by atoms with Crippen molar-refractivity contribution in [2.45, 2.75) is 19.3 Å². The van der Waals surface area contributed by atoms with Crippen LogP contribution in [0.15, 0.2) is 54.7 Å². The summed E-state index contributed by atoms with van der Waals surface area (Å²) in [5, 5.41) is 25.1. The van der Waals surface area contributed by atoms with Crippen molar-refractivity contribution in [1.29, 1.82) is 0 Å². The summed E-state index contributed by atoms with van der Waals surface area (Å²) in [5.74, 6) is 2.50. The summed E-state index contributed by atoms with van der Waals surface area (Å²) in [6.45, 7) is 2.00. The number of anilines is 1. The average molecular weight is 423 g/mol. The highest BCUT2D eigenvalue weighted by Gasteiger charge is 2.27. The van der Waals surface area contributed by atoms with Crippen molar-refractivity contribution in [1.82, 2.24) is 0 Å². The van der Waals surface area contributed by atoms with Gasteiger partial charge in [0.15, 0.2) is 0 Å². The zero-order valence-corrected chi connectivity index (χ0v) is 17.4. The van der Waals surface area contributed by atoms with Gasteiger partial charge in [0.1, 0.15) is 23.8 Å². The second-order valence-electron chi connectivity index (χ2n) is 7.71. The van der Waals surface area contributed by atoms with Gasteiger partial charge in [0.2, 0.25) is 0 Å². The number of fused-ring (bicyclic) bond motifs is 1. The molecule has 0 radical (unpaired) electrons. The number of hydrogen-bond acceptors (Lipinski definition) is 6. The molecule has 1 fully saturated rings. The van der Waals surface area contributed by atoms with Gasteiger partial charge in [-0.15, -0.1) is 0 Å². The largest absolute Gasteiger partial charge is 0.711 e. The van der Waals surface area contributed by atoms with Crippen LogP contribution in [0.5, 0.6) is 11.5 Å². The SMILES string of the molecule is COc1ccc(OCCC2CCN(c3cc([N+](=O)[O-])cc[n+]3[O-])CC2)c2ccccc12. The van der Waals surface area contributed by atoms with Crippen LogP contribution in [0.25, 0.3) is 10.8 Å². The van der Waals surface area contributed by atoms with E-state index < -0.39 is 4.92 Å². The molecule has 0 unspecified atom stereocenters. The number of piperidine rings is 1. The Bertz CT molecular complexity index is 1080. The summed E-state index contributed by atoms with van der Waals surface area (Å²) in [6.07, 6.45) is 3.94. The van der Waals surface area contributed by atoms with Crippen molar-refractivity contribution in [2.24, 2.45) is 5.92 Å². The molecule has 0 bridgehead atoms.